The Hall–Kier alpha value is -2.27. The quantitative estimate of drug-likeness (QED) is 0.675. The number of aromatic amines is 1. The number of H-pyrrole nitrogens is 1. The third-order valence-electron chi connectivity index (χ3n) is 3.75. The zero-order valence-corrected chi connectivity index (χ0v) is 14.8. The van der Waals surface area contributed by atoms with Gasteiger partial charge in [-0.1, -0.05) is 26.8 Å². The fraction of sp³-hybridized carbons (Fsp3) is 0.263. The van der Waals surface area contributed by atoms with Crippen LogP contribution < -0.4 is 0 Å². The molecule has 0 saturated carbocycles. The molecule has 0 spiro atoms. The number of carboxylic acids is 1. The minimum Gasteiger partial charge on any atom is -0.481 e. The molecule has 24 heavy (non-hydrogen) atoms. The minimum absolute atomic E-state index is 0.00265. The average molecular weight is 340 g/mol. The number of hydrogen-bond acceptors (Lipinski definition) is 3. The van der Waals surface area contributed by atoms with E-state index >= 15 is 0 Å². The van der Waals surface area contributed by atoms with Gasteiger partial charge in [-0.25, -0.2) is 0 Å². The van der Waals surface area contributed by atoms with Crippen molar-refractivity contribution in [1.29, 1.82) is 0 Å². The Bertz CT molecular complexity index is 894. The van der Waals surface area contributed by atoms with Gasteiger partial charge < -0.3 is 10.1 Å². The third-order valence-corrected chi connectivity index (χ3v) is 4.73. The smallest absolute Gasteiger partial charge is 0.313 e. The summed E-state index contributed by atoms with van der Waals surface area (Å²) in [5.74, 6) is -0.740. The second-order valence-corrected chi connectivity index (χ2v) is 7.82. The number of fused-ring (bicyclic) bond motifs is 1. The minimum atomic E-state index is -0.807. The van der Waals surface area contributed by atoms with E-state index in [4.69, 9.17) is 10.1 Å². The summed E-state index contributed by atoms with van der Waals surface area (Å²) in [5, 5.41) is 9.86. The standard InChI is InChI=1S/C19H20N2O2S/c1-19(2,3)17-6-4-5-15(21-17)16-10-12-9-13(24-11-18(22)23)7-8-14(12)20-16/h4-10,20H,11H2,1-3H3,(H,22,23). The first-order chi connectivity index (χ1) is 11.3. The van der Waals surface area contributed by atoms with Crippen LogP contribution in [0.2, 0.25) is 0 Å². The van der Waals surface area contributed by atoms with E-state index in [0.717, 1.165) is 32.9 Å². The Labute approximate surface area is 145 Å². The number of aliphatic carboxylic acids is 1. The lowest BCUT2D eigenvalue weighted by Gasteiger charge is -2.18. The number of carboxylic acid groups (broad SMARTS) is 1. The van der Waals surface area contributed by atoms with Gasteiger partial charge in [0, 0.05) is 26.9 Å². The van der Waals surface area contributed by atoms with Crippen molar-refractivity contribution in [1.82, 2.24) is 9.97 Å². The van der Waals surface area contributed by atoms with Crippen molar-refractivity contribution >= 4 is 28.6 Å². The van der Waals surface area contributed by atoms with Gasteiger partial charge in [-0.3, -0.25) is 9.78 Å². The van der Waals surface area contributed by atoms with E-state index in [2.05, 4.69) is 31.8 Å². The van der Waals surface area contributed by atoms with Gasteiger partial charge in [-0.05, 0) is 36.4 Å². The normalized spacial score (nSPS) is 11.8. The van der Waals surface area contributed by atoms with E-state index in [1.54, 1.807) is 0 Å². The number of nitrogens with one attached hydrogen (secondary N) is 1. The molecule has 0 fully saturated rings. The zero-order chi connectivity index (χ0) is 17.3. The molecule has 5 heteroatoms. The van der Waals surface area contributed by atoms with Crippen LogP contribution in [0.3, 0.4) is 0 Å². The van der Waals surface area contributed by atoms with Crippen molar-refractivity contribution in [2.75, 3.05) is 5.75 Å². The molecule has 0 unspecified atom stereocenters. The van der Waals surface area contributed by atoms with Crippen LogP contribution >= 0.6 is 11.8 Å². The van der Waals surface area contributed by atoms with Crippen LogP contribution in [-0.4, -0.2) is 26.8 Å². The summed E-state index contributed by atoms with van der Waals surface area (Å²) < 4.78 is 0. The average Bonchev–Trinajstić information content (AvgIpc) is 2.95. The predicted octanol–water partition coefficient (Wildman–Crippen LogP) is 4.70. The molecule has 2 aromatic heterocycles. The first-order valence-electron chi connectivity index (χ1n) is 7.78. The molecule has 0 aliphatic heterocycles. The van der Waals surface area contributed by atoms with Crippen molar-refractivity contribution in [2.24, 2.45) is 0 Å². The van der Waals surface area contributed by atoms with Gasteiger partial charge in [0.15, 0.2) is 0 Å². The maximum Gasteiger partial charge on any atom is 0.313 e. The van der Waals surface area contributed by atoms with E-state index < -0.39 is 5.97 Å². The molecule has 0 bridgehead atoms. The van der Waals surface area contributed by atoms with E-state index in [0.29, 0.717) is 0 Å². The summed E-state index contributed by atoms with van der Waals surface area (Å²) in [6, 6.07) is 14.1. The largest absolute Gasteiger partial charge is 0.481 e. The van der Waals surface area contributed by atoms with Crippen LogP contribution in [0, 0.1) is 0 Å². The number of nitrogens with zero attached hydrogens (tertiary/aromatic N) is 1. The number of hydrogen-bond donors (Lipinski definition) is 2. The summed E-state index contributed by atoms with van der Waals surface area (Å²) in [4.78, 5) is 19.8. The maximum atomic E-state index is 10.7. The highest BCUT2D eigenvalue weighted by Gasteiger charge is 2.16. The van der Waals surface area contributed by atoms with Crippen molar-refractivity contribution in [3.63, 3.8) is 0 Å². The summed E-state index contributed by atoms with van der Waals surface area (Å²) in [7, 11) is 0. The summed E-state index contributed by atoms with van der Waals surface area (Å²) >= 11 is 1.33. The number of rotatable bonds is 4. The van der Waals surface area contributed by atoms with Crippen LogP contribution in [-0.2, 0) is 10.2 Å². The molecule has 0 saturated heterocycles. The lowest BCUT2D eigenvalue weighted by molar-refractivity contribution is -0.133. The molecular formula is C19H20N2O2S. The first-order valence-corrected chi connectivity index (χ1v) is 8.77. The molecular weight excluding hydrogens is 320 g/mol. The van der Waals surface area contributed by atoms with Crippen LogP contribution in [0.1, 0.15) is 26.5 Å². The van der Waals surface area contributed by atoms with Gasteiger partial charge in [-0.15, -0.1) is 11.8 Å². The molecule has 2 N–H and O–H groups in total. The van der Waals surface area contributed by atoms with Gasteiger partial charge in [0.1, 0.15) is 0 Å². The molecule has 0 radical (unpaired) electrons. The van der Waals surface area contributed by atoms with E-state index in [1.165, 1.54) is 11.8 Å². The fourth-order valence-corrected chi connectivity index (χ4v) is 3.15. The Balaban J connectivity index is 1.95. The summed E-state index contributed by atoms with van der Waals surface area (Å²) in [6.07, 6.45) is 0. The predicted molar refractivity (Wildman–Crippen MR) is 98.6 cm³/mol. The lowest BCUT2D eigenvalue weighted by Crippen LogP contribution is -2.13. The zero-order valence-electron chi connectivity index (χ0n) is 14.0. The Morgan fingerprint density at radius 1 is 1.21 bits per heavy atom. The lowest BCUT2D eigenvalue weighted by atomic mass is 9.91. The van der Waals surface area contributed by atoms with E-state index in [9.17, 15) is 4.79 Å². The SMILES string of the molecule is CC(C)(C)c1cccc(-c2cc3cc(SCC(=O)O)ccc3[nH]2)n1. The molecule has 1 aromatic carbocycles. The Morgan fingerprint density at radius 3 is 2.71 bits per heavy atom. The molecule has 0 amide bonds. The molecule has 0 aliphatic carbocycles. The highest BCUT2D eigenvalue weighted by Crippen LogP contribution is 2.29. The first kappa shape index (κ1) is 16.6. The van der Waals surface area contributed by atoms with Crippen LogP contribution in [0.5, 0.6) is 0 Å². The molecule has 124 valence electrons. The van der Waals surface area contributed by atoms with Gasteiger partial charge in [0.25, 0.3) is 0 Å². The summed E-state index contributed by atoms with van der Waals surface area (Å²) in [6.45, 7) is 6.45. The number of carbonyl (C=O) groups is 1. The van der Waals surface area contributed by atoms with Crippen LogP contribution in [0.25, 0.3) is 22.3 Å². The van der Waals surface area contributed by atoms with Gasteiger partial charge in [0.2, 0.25) is 0 Å². The van der Waals surface area contributed by atoms with Crippen molar-refractivity contribution in [3.8, 4) is 11.4 Å². The second kappa shape index (κ2) is 6.32. The highest BCUT2D eigenvalue weighted by atomic mass is 32.2. The topological polar surface area (TPSA) is 66.0 Å². The molecule has 0 aliphatic rings. The fourth-order valence-electron chi connectivity index (χ4n) is 2.49. The van der Waals surface area contributed by atoms with E-state index in [1.807, 2.05) is 36.4 Å². The Kier molecular flexibility index (Phi) is 4.37. The summed E-state index contributed by atoms with van der Waals surface area (Å²) in [5.41, 5.74) is 3.96. The van der Waals surface area contributed by atoms with Gasteiger partial charge in [-0.2, -0.15) is 0 Å². The van der Waals surface area contributed by atoms with Crippen molar-refractivity contribution in [2.45, 2.75) is 31.1 Å². The second-order valence-electron chi connectivity index (χ2n) is 6.77. The number of benzene rings is 1. The van der Waals surface area contributed by atoms with Gasteiger partial charge in [0.05, 0.1) is 17.1 Å². The number of thioether (sulfide) groups is 1. The highest BCUT2D eigenvalue weighted by molar-refractivity contribution is 8.00. The van der Waals surface area contributed by atoms with Crippen molar-refractivity contribution in [3.05, 3.63) is 48.2 Å². The number of aromatic nitrogens is 2. The van der Waals surface area contributed by atoms with Crippen LogP contribution in [0.15, 0.2) is 47.4 Å². The molecule has 4 nitrogen and oxygen atoms in total. The van der Waals surface area contributed by atoms with Crippen molar-refractivity contribution < 1.29 is 9.90 Å². The van der Waals surface area contributed by atoms with E-state index in [-0.39, 0.29) is 11.2 Å². The molecule has 3 rings (SSSR count). The molecule has 0 atom stereocenters. The van der Waals surface area contributed by atoms with Gasteiger partial charge >= 0.3 is 5.97 Å². The Morgan fingerprint density at radius 2 is 2.00 bits per heavy atom. The monoisotopic (exact) mass is 340 g/mol. The molecule has 3 aromatic rings. The maximum absolute atomic E-state index is 10.7. The molecule has 2 heterocycles. The van der Waals surface area contributed by atoms with Crippen LogP contribution in [0.4, 0.5) is 0 Å². The number of pyridine rings is 1. The third kappa shape index (κ3) is 3.62.